The van der Waals surface area contributed by atoms with Crippen molar-refractivity contribution in [1.82, 2.24) is 4.98 Å². The number of hydrogen-bond donors (Lipinski definition) is 2. The zero-order valence-electron chi connectivity index (χ0n) is 11.7. The standard InChI is InChI=1S/C17H15N3O/c1-21-17-9-12(10-18)3-5-15(17)20-11-13-2-4-14-6-7-19-16(14)8-13/h2-9,19-20H,11H2,1H3. The number of nitriles is 1. The number of anilines is 1. The van der Waals surface area contributed by atoms with Crippen molar-refractivity contribution >= 4 is 16.6 Å². The topological polar surface area (TPSA) is 60.8 Å². The Morgan fingerprint density at radius 2 is 2.10 bits per heavy atom. The smallest absolute Gasteiger partial charge is 0.143 e. The molecule has 0 amide bonds. The molecule has 1 heterocycles. The molecule has 0 atom stereocenters. The number of aromatic nitrogens is 1. The van der Waals surface area contributed by atoms with E-state index in [4.69, 9.17) is 10.00 Å². The minimum atomic E-state index is 0.588. The number of nitrogens with zero attached hydrogens (tertiary/aromatic N) is 1. The van der Waals surface area contributed by atoms with Gasteiger partial charge in [0, 0.05) is 24.3 Å². The molecule has 4 nitrogen and oxygen atoms in total. The molecular formula is C17H15N3O. The largest absolute Gasteiger partial charge is 0.495 e. The number of H-pyrrole nitrogens is 1. The van der Waals surface area contributed by atoms with Crippen LogP contribution in [0.25, 0.3) is 10.9 Å². The third-order valence-electron chi connectivity index (χ3n) is 3.43. The Kier molecular flexibility index (Phi) is 3.48. The second-order valence-electron chi connectivity index (χ2n) is 4.78. The number of benzene rings is 2. The van der Waals surface area contributed by atoms with Crippen LogP contribution in [-0.2, 0) is 6.54 Å². The van der Waals surface area contributed by atoms with Gasteiger partial charge in [0.05, 0.1) is 24.4 Å². The monoisotopic (exact) mass is 277 g/mol. The third-order valence-corrected chi connectivity index (χ3v) is 3.43. The van der Waals surface area contributed by atoms with Gasteiger partial charge in [0.2, 0.25) is 0 Å². The van der Waals surface area contributed by atoms with Crippen LogP contribution in [0.15, 0.2) is 48.7 Å². The van der Waals surface area contributed by atoms with Gasteiger partial charge in [-0.15, -0.1) is 0 Å². The predicted octanol–water partition coefficient (Wildman–Crippen LogP) is 3.66. The van der Waals surface area contributed by atoms with Crippen LogP contribution in [0.4, 0.5) is 5.69 Å². The van der Waals surface area contributed by atoms with Crippen LogP contribution in [0, 0.1) is 11.3 Å². The van der Waals surface area contributed by atoms with Crippen molar-refractivity contribution in [3.8, 4) is 11.8 Å². The van der Waals surface area contributed by atoms with Crippen LogP contribution < -0.4 is 10.1 Å². The van der Waals surface area contributed by atoms with E-state index in [-0.39, 0.29) is 0 Å². The molecule has 3 rings (SSSR count). The normalized spacial score (nSPS) is 10.3. The molecule has 104 valence electrons. The Bertz CT molecular complexity index is 814. The average molecular weight is 277 g/mol. The number of fused-ring (bicyclic) bond motifs is 1. The van der Waals surface area contributed by atoms with Crippen molar-refractivity contribution in [3.63, 3.8) is 0 Å². The summed E-state index contributed by atoms with van der Waals surface area (Å²) in [5.74, 6) is 0.676. The summed E-state index contributed by atoms with van der Waals surface area (Å²) >= 11 is 0. The number of aromatic amines is 1. The first-order valence-electron chi connectivity index (χ1n) is 6.68. The first kappa shape index (κ1) is 13.1. The molecule has 0 aliphatic rings. The van der Waals surface area contributed by atoms with Gasteiger partial charge in [-0.1, -0.05) is 12.1 Å². The SMILES string of the molecule is COc1cc(C#N)ccc1NCc1ccc2cc[nH]c2c1. The summed E-state index contributed by atoms with van der Waals surface area (Å²) in [7, 11) is 1.60. The van der Waals surface area contributed by atoms with E-state index in [0.29, 0.717) is 17.9 Å². The molecule has 0 unspecified atom stereocenters. The summed E-state index contributed by atoms with van der Waals surface area (Å²) in [5.41, 5.74) is 3.77. The maximum atomic E-state index is 8.91. The van der Waals surface area contributed by atoms with E-state index >= 15 is 0 Å². The highest BCUT2D eigenvalue weighted by atomic mass is 16.5. The summed E-state index contributed by atoms with van der Waals surface area (Å²) in [6.45, 7) is 0.692. The Labute approximate surface area is 123 Å². The van der Waals surface area contributed by atoms with E-state index in [1.54, 1.807) is 19.2 Å². The maximum absolute atomic E-state index is 8.91. The van der Waals surface area contributed by atoms with Gasteiger partial charge < -0.3 is 15.0 Å². The van der Waals surface area contributed by atoms with Crippen LogP contribution in [0.5, 0.6) is 5.75 Å². The van der Waals surface area contributed by atoms with Gasteiger partial charge >= 0.3 is 0 Å². The molecule has 0 radical (unpaired) electrons. The number of rotatable bonds is 4. The van der Waals surface area contributed by atoms with E-state index in [1.165, 1.54) is 10.9 Å². The molecule has 2 N–H and O–H groups in total. The fraction of sp³-hybridized carbons (Fsp3) is 0.118. The number of methoxy groups -OCH3 is 1. The number of hydrogen-bond acceptors (Lipinski definition) is 3. The predicted molar refractivity (Wildman–Crippen MR) is 83.3 cm³/mol. The molecule has 2 aromatic carbocycles. The Hall–Kier alpha value is -2.93. The van der Waals surface area contributed by atoms with E-state index in [9.17, 15) is 0 Å². The first-order valence-corrected chi connectivity index (χ1v) is 6.68. The Balaban J connectivity index is 1.79. The van der Waals surface area contributed by atoms with Crippen LogP contribution in [-0.4, -0.2) is 12.1 Å². The van der Waals surface area contributed by atoms with Crippen molar-refractivity contribution in [2.45, 2.75) is 6.54 Å². The van der Waals surface area contributed by atoms with Crippen molar-refractivity contribution in [3.05, 3.63) is 59.8 Å². The second kappa shape index (κ2) is 5.59. The van der Waals surface area contributed by atoms with Crippen LogP contribution in [0.2, 0.25) is 0 Å². The van der Waals surface area contributed by atoms with E-state index in [0.717, 1.165) is 11.2 Å². The van der Waals surface area contributed by atoms with E-state index in [2.05, 4.69) is 40.6 Å². The second-order valence-corrected chi connectivity index (χ2v) is 4.78. The summed E-state index contributed by atoms with van der Waals surface area (Å²) in [5, 5.41) is 13.5. The number of ether oxygens (including phenoxy) is 1. The highest BCUT2D eigenvalue weighted by molar-refractivity contribution is 5.79. The molecule has 0 fully saturated rings. The molecule has 0 saturated heterocycles. The minimum absolute atomic E-state index is 0.588. The van der Waals surface area contributed by atoms with Crippen molar-refractivity contribution < 1.29 is 4.74 Å². The van der Waals surface area contributed by atoms with Gasteiger partial charge in [-0.3, -0.25) is 0 Å². The highest BCUT2D eigenvalue weighted by Crippen LogP contribution is 2.26. The highest BCUT2D eigenvalue weighted by Gasteiger charge is 2.04. The lowest BCUT2D eigenvalue weighted by Crippen LogP contribution is -2.01. The van der Waals surface area contributed by atoms with Gasteiger partial charge in [0.25, 0.3) is 0 Å². The fourth-order valence-corrected chi connectivity index (χ4v) is 2.31. The quantitative estimate of drug-likeness (QED) is 0.765. The van der Waals surface area contributed by atoms with Crippen LogP contribution >= 0.6 is 0 Å². The summed E-state index contributed by atoms with van der Waals surface area (Å²) < 4.78 is 5.31. The molecule has 0 aliphatic heterocycles. The van der Waals surface area contributed by atoms with Gasteiger partial charge in [0.1, 0.15) is 5.75 Å². The van der Waals surface area contributed by atoms with Gasteiger partial charge in [0.15, 0.2) is 0 Å². The lowest BCUT2D eigenvalue weighted by atomic mass is 10.1. The average Bonchev–Trinajstić information content (AvgIpc) is 3.00. The number of nitrogens with one attached hydrogen (secondary N) is 2. The maximum Gasteiger partial charge on any atom is 0.143 e. The van der Waals surface area contributed by atoms with E-state index in [1.807, 2.05) is 12.3 Å². The summed E-state index contributed by atoms with van der Waals surface area (Å²) in [4.78, 5) is 3.21. The minimum Gasteiger partial charge on any atom is -0.495 e. The summed E-state index contributed by atoms with van der Waals surface area (Å²) in [6.07, 6.45) is 1.94. The molecule has 0 aliphatic carbocycles. The van der Waals surface area contributed by atoms with E-state index < -0.39 is 0 Å². The zero-order valence-corrected chi connectivity index (χ0v) is 11.7. The molecule has 21 heavy (non-hydrogen) atoms. The molecule has 0 saturated carbocycles. The molecule has 1 aromatic heterocycles. The fourth-order valence-electron chi connectivity index (χ4n) is 2.31. The lowest BCUT2D eigenvalue weighted by Gasteiger charge is -2.11. The molecule has 0 bridgehead atoms. The zero-order chi connectivity index (χ0) is 14.7. The lowest BCUT2D eigenvalue weighted by molar-refractivity contribution is 0.416. The van der Waals surface area contributed by atoms with Crippen LogP contribution in [0.3, 0.4) is 0 Å². The summed E-state index contributed by atoms with van der Waals surface area (Å²) in [6, 6.07) is 15.9. The van der Waals surface area contributed by atoms with Gasteiger partial charge in [-0.2, -0.15) is 5.26 Å². The van der Waals surface area contributed by atoms with Gasteiger partial charge in [-0.05, 0) is 35.2 Å². The Morgan fingerprint density at radius 3 is 2.90 bits per heavy atom. The third kappa shape index (κ3) is 2.67. The van der Waals surface area contributed by atoms with Crippen molar-refractivity contribution in [2.24, 2.45) is 0 Å². The van der Waals surface area contributed by atoms with Crippen LogP contribution in [0.1, 0.15) is 11.1 Å². The van der Waals surface area contributed by atoms with Gasteiger partial charge in [-0.25, -0.2) is 0 Å². The first-order chi connectivity index (χ1) is 10.3. The Morgan fingerprint density at radius 1 is 1.19 bits per heavy atom. The molecule has 4 heteroatoms. The molecule has 3 aromatic rings. The molecular weight excluding hydrogens is 262 g/mol. The molecule has 0 spiro atoms. The van der Waals surface area contributed by atoms with Crippen molar-refractivity contribution in [1.29, 1.82) is 5.26 Å². The van der Waals surface area contributed by atoms with Crippen molar-refractivity contribution in [2.75, 3.05) is 12.4 Å².